The third-order valence-electron chi connectivity index (χ3n) is 5.67. The average molecular weight is 340 g/mol. The Morgan fingerprint density at radius 1 is 1.28 bits per heavy atom. The lowest BCUT2D eigenvalue weighted by atomic mass is 9.93. The number of hydrogen-bond acceptors (Lipinski definition) is 4. The van der Waals surface area contributed by atoms with Gasteiger partial charge in [0.25, 0.3) is 0 Å². The standard InChI is InChI=1S/C18H20N4O3/c19-21-20-16(14-8-12-7-13(12)9-14)17(23)22-15(10-25-18(22)24)6-11-4-2-1-3-5-11/h1-5,12-16H,6-10H2/t12-,13+,14-,15-,16-/m0/s1. The molecule has 0 radical (unpaired) electrons. The highest BCUT2D eigenvalue weighted by atomic mass is 16.6. The lowest BCUT2D eigenvalue weighted by Crippen LogP contribution is -2.47. The molecule has 0 aromatic heterocycles. The summed E-state index contributed by atoms with van der Waals surface area (Å²) in [4.78, 5) is 29.2. The molecule has 0 N–H and O–H groups in total. The van der Waals surface area contributed by atoms with Crippen molar-refractivity contribution in [1.82, 2.24) is 4.90 Å². The Hall–Kier alpha value is -2.53. The summed E-state index contributed by atoms with van der Waals surface area (Å²) < 4.78 is 5.12. The Labute approximate surface area is 145 Å². The van der Waals surface area contributed by atoms with Gasteiger partial charge < -0.3 is 4.74 Å². The van der Waals surface area contributed by atoms with Crippen LogP contribution in [0.4, 0.5) is 4.79 Å². The first-order valence-corrected chi connectivity index (χ1v) is 8.75. The van der Waals surface area contributed by atoms with Crippen molar-refractivity contribution in [3.63, 3.8) is 0 Å². The van der Waals surface area contributed by atoms with Gasteiger partial charge in [0.05, 0.1) is 6.04 Å². The van der Waals surface area contributed by atoms with Crippen LogP contribution in [0.25, 0.3) is 10.4 Å². The normalized spacial score (nSPS) is 31.0. The van der Waals surface area contributed by atoms with Crippen LogP contribution >= 0.6 is 0 Å². The lowest BCUT2D eigenvalue weighted by Gasteiger charge is -2.26. The van der Waals surface area contributed by atoms with Gasteiger partial charge in [0.1, 0.15) is 12.6 Å². The van der Waals surface area contributed by atoms with Gasteiger partial charge in [-0.25, -0.2) is 9.69 Å². The lowest BCUT2D eigenvalue weighted by molar-refractivity contribution is -0.131. The third-order valence-corrected chi connectivity index (χ3v) is 5.67. The van der Waals surface area contributed by atoms with Gasteiger partial charge in [-0.2, -0.15) is 0 Å². The highest BCUT2D eigenvalue weighted by molar-refractivity contribution is 5.96. The van der Waals surface area contributed by atoms with E-state index in [0.717, 1.165) is 18.4 Å². The maximum absolute atomic E-state index is 13.0. The first kappa shape index (κ1) is 16.0. The number of cyclic esters (lactones) is 1. The summed E-state index contributed by atoms with van der Waals surface area (Å²) in [6.07, 6.45) is 2.94. The van der Waals surface area contributed by atoms with E-state index < -0.39 is 18.0 Å². The summed E-state index contributed by atoms with van der Waals surface area (Å²) >= 11 is 0. The minimum absolute atomic E-state index is 0.0397. The summed E-state index contributed by atoms with van der Waals surface area (Å²) in [5, 5.41) is 3.76. The van der Waals surface area contributed by atoms with E-state index >= 15 is 0 Å². The minimum atomic E-state index is -0.804. The zero-order chi connectivity index (χ0) is 17.4. The highest BCUT2D eigenvalue weighted by Crippen LogP contribution is 2.55. The fourth-order valence-electron chi connectivity index (χ4n) is 4.33. The number of amides is 2. The molecule has 7 nitrogen and oxygen atoms in total. The molecule has 7 heteroatoms. The predicted molar refractivity (Wildman–Crippen MR) is 89.4 cm³/mol. The Balaban J connectivity index is 1.52. The monoisotopic (exact) mass is 340 g/mol. The molecule has 2 amide bonds. The molecule has 0 unspecified atom stereocenters. The number of azide groups is 1. The van der Waals surface area contributed by atoms with E-state index in [-0.39, 0.29) is 18.6 Å². The van der Waals surface area contributed by atoms with Gasteiger partial charge in [0, 0.05) is 4.91 Å². The van der Waals surface area contributed by atoms with Crippen LogP contribution in [-0.2, 0) is 16.0 Å². The van der Waals surface area contributed by atoms with Crippen molar-refractivity contribution in [1.29, 1.82) is 0 Å². The molecule has 0 bridgehead atoms. The van der Waals surface area contributed by atoms with Crippen LogP contribution in [0.1, 0.15) is 24.8 Å². The molecule has 1 saturated heterocycles. The first-order valence-electron chi connectivity index (χ1n) is 8.75. The number of carbonyl (C=O) groups excluding carboxylic acids is 2. The van der Waals surface area contributed by atoms with Gasteiger partial charge in [-0.15, -0.1) is 0 Å². The second kappa shape index (κ2) is 6.41. The Morgan fingerprint density at radius 3 is 2.68 bits per heavy atom. The molecular weight excluding hydrogens is 320 g/mol. The van der Waals surface area contributed by atoms with Crippen LogP contribution in [0.3, 0.4) is 0 Å². The van der Waals surface area contributed by atoms with Crippen molar-refractivity contribution in [2.75, 3.05) is 6.61 Å². The van der Waals surface area contributed by atoms with E-state index in [1.165, 1.54) is 11.3 Å². The van der Waals surface area contributed by atoms with E-state index in [0.29, 0.717) is 18.3 Å². The van der Waals surface area contributed by atoms with Crippen LogP contribution in [0.5, 0.6) is 0 Å². The summed E-state index contributed by atoms with van der Waals surface area (Å²) in [5.74, 6) is 0.963. The highest BCUT2D eigenvalue weighted by Gasteiger charge is 2.51. The van der Waals surface area contributed by atoms with Crippen molar-refractivity contribution in [2.45, 2.75) is 37.8 Å². The number of ether oxygens (including phenoxy) is 1. The van der Waals surface area contributed by atoms with Crippen molar-refractivity contribution in [3.05, 3.63) is 46.3 Å². The van der Waals surface area contributed by atoms with Gasteiger partial charge in [-0.05, 0) is 54.5 Å². The number of nitrogens with zero attached hydrogens (tertiary/aromatic N) is 4. The van der Waals surface area contributed by atoms with Crippen LogP contribution in [0, 0.1) is 17.8 Å². The van der Waals surface area contributed by atoms with Gasteiger partial charge >= 0.3 is 6.09 Å². The van der Waals surface area contributed by atoms with Crippen LogP contribution in [0.2, 0.25) is 0 Å². The first-order chi connectivity index (χ1) is 12.2. The van der Waals surface area contributed by atoms with Crippen LogP contribution in [0.15, 0.2) is 35.4 Å². The molecule has 3 fully saturated rings. The van der Waals surface area contributed by atoms with E-state index in [9.17, 15) is 9.59 Å². The zero-order valence-corrected chi connectivity index (χ0v) is 13.8. The van der Waals surface area contributed by atoms with Crippen molar-refractivity contribution >= 4 is 12.0 Å². The SMILES string of the molecule is [N-]=[N+]=N[C@H](C(=O)N1C(=O)OC[C@@H]1Cc1ccccc1)[C@@H]1C[C@H]2C[C@H]2C1. The molecule has 1 aromatic carbocycles. The van der Waals surface area contributed by atoms with Crippen molar-refractivity contribution in [2.24, 2.45) is 22.9 Å². The molecular formula is C18H20N4O3. The minimum Gasteiger partial charge on any atom is -0.447 e. The maximum Gasteiger partial charge on any atom is 0.416 e. The van der Waals surface area contributed by atoms with Crippen LogP contribution < -0.4 is 0 Å². The average Bonchev–Trinajstić information content (AvgIpc) is 3.06. The van der Waals surface area contributed by atoms with E-state index in [1.807, 2.05) is 30.3 Å². The summed E-state index contributed by atoms with van der Waals surface area (Å²) in [7, 11) is 0. The van der Waals surface area contributed by atoms with Gasteiger partial charge in [-0.1, -0.05) is 35.4 Å². The molecule has 1 aromatic rings. The largest absolute Gasteiger partial charge is 0.447 e. The molecule has 1 aliphatic heterocycles. The molecule has 2 saturated carbocycles. The Morgan fingerprint density at radius 2 is 2.00 bits per heavy atom. The summed E-state index contributed by atoms with van der Waals surface area (Å²) in [5.41, 5.74) is 9.94. The number of rotatable bonds is 5. The molecule has 5 atom stereocenters. The second-order valence-corrected chi connectivity index (χ2v) is 7.27. The molecule has 4 rings (SSSR count). The number of imide groups is 1. The molecule has 1 heterocycles. The number of carbonyl (C=O) groups is 2. The topological polar surface area (TPSA) is 95.4 Å². The Bertz CT molecular complexity index is 721. The summed E-state index contributed by atoms with van der Waals surface area (Å²) in [6.45, 7) is 0.179. The molecule has 3 aliphatic rings. The number of benzene rings is 1. The number of hydrogen-bond donors (Lipinski definition) is 0. The van der Waals surface area contributed by atoms with Gasteiger partial charge in [0.2, 0.25) is 5.91 Å². The van der Waals surface area contributed by atoms with Crippen molar-refractivity contribution in [3.8, 4) is 0 Å². The number of fused-ring (bicyclic) bond motifs is 1. The predicted octanol–water partition coefficient (Wildman–Crippen LogP) is 3.30. The molecule has 25 heavy (non-hydrogen) atoms. The zero-order valence-electron chi connectivity index (χ0n) is 13.8. The smallest absolute Gasteiger partial charge is 0.416 e. The van der Waals surface area contributed by atoms with Crippen LogP contribution in [-0.4, -0.2) is 35.6 Å². The van der Waals surface area contributed by atoms with Gasteiger partial charge in [0.15, 0.2) is 0 Å². The molecule has 2 aliphatic carbocycles. The quantitative estimate of drug-likeness (QED) is 0.467. The second-order valence-electron chi connectivity index (χ2n) is 7.27. The van der Waals surface area contributed by atoms with E-state index in [4.69, 9.17) is 10.3 Å². The van der Waals surface area contributed by atoms with Crippen molar-refractivity contribution < 1.29 is 14.3 Å². The van der Waals surface area contributed by atoms with E-state index in [2.05, 4.69) is 10.0 Å². The maximum atomic E-state index is 13.0. The van der Waals surface area contributed by atoms with E-state index in [1.54, 1.807) is 0 Å². The fraction of sp³-hybridized carbons (Fsp3) is 0.556. The third kappa shape index (κ3) is 3.07. The molecule has 130 valence electrons. The van der Waals surface area contributed by atoms with Gasteiger partial charge in [-0.3, -0.25) is 4.79 Å². The summed E-state index contributed by atoms with van der Waals surface area (Å²) in [6, 6.07) is 8.53. The fourth-order valence-corrected chi connectivity index (χ4v) is 4.33. The Kier molecular flexibility index (Phi) is 4.09. The molecule has 0 spiro atoms.